The maximum atomic E-state index is 7.74. The smallest absolute Gasteiger partial charge is 0.188 e. The summed E-state index contributed by atoms with van der Waals surface area (Å²) in [6.45, 7) is 17.8. The molecule has 1 aliphatic heterocycles. The van der Waals surface area contributed by atoms with Gasteiger partial charge in [-0.15, -0.1) is 0 Å². The van der Waals surface area contributed by atoms with Crippen LogP contribution in [-0.4, -0.2) is 61.1 Å². The van der Waals surface area contributed by atoms with Crippen LogP contribution in [0.3, 0.4) is 0 Å². The Bertz CT molecular complexity index is 833. The molecular weight excluding hydrogens is 434 g/mol. The molecule has 0 amide bonds. The predicted molar refractivity (Wildman–Crippen MR) is 149 cm³/mol. The highest BCUT2D eigenvalue weighted by atomic mass is 15.3. The summed E-state index contributed by atoms with van der Waals surface area (Å²) in [5.41, 5.74) is 16.2. The van der Waals surface area contributed by atoms with Crippen LogP contribution in [0.4, 0.5) is 0 Å². The Balaban J connectivity index is 1.95. The van der Waals surface area contributed by atoms with Crippen LogP contribution in [0.25, 0.3) is 0 Å². The highest BCUT2D eigenvalue weighted by molar-refractivity contribution is 5.74. The van der Waals surface area contributed by atoms with Gasteiger partial charge in [-0.3, -0.25) is 5.41 Å². The van der Waals surface area contributed by atoms with E-state index in [-0.39, 0.29) is 12.0 Å². The van der Waals surface area contributed by atoms with Crippen molar-refractivity contribution in [3.63, 3.8) is 0 Å². The molecule has 0 radical (unpaired) electrons. The minimum atomic E-state index is 0.0806. The minimum absolute atomic E-state index is 0.0806. The third kappa shape index (κ3) is 9.68. The molecule has 0 bridgehead atoms. The Morgan fingerprint density at radius 3 is 2.49 bits per heavy atom. The average molecular weight is 482 g/mol. The number of nitrogens with one attached hydrogen (secondary N) is 3. The molecule has 1 heterocycles. The van der Waals surface area contributed by atoms with E-state index in [4.69, 9.17) is 16.9 Å². The predicted octanol–water partition coefficient (Wildman–Crippen LogP) is 3.37. The average Bonchev–Trinajstić information content (AvgIpc) is 3.11. The first kappa shape index (κ1) is 28.3. The molecule has 35 heavy (non-hydrogen) atoms. The van der Waals surface area contributed by atoms with Crippen molar-refractivity contribution < 1.29 is 0 Å². The maximum Gasteiger partial charge on any atom is 0.188 e. The number of nitrogens with two attached hydrogens (primary N) is 2. The quantitative estimate of drug-likeness (QED) is 0.206. The highest BCUT2D eigenvalue weighted by Gasteiger charge is 2.22. The van der Waals surface area contributed by atoms with Gasteiger partial charge in [0.15, 0.2) is 5.96 Å². The van der Waals surface area contributed by atoms with E-state index in [0.717, 1.165) is 69.7 Å². The summed E-state index contributed by atoms with van der Waals surface area (Å²) >= 11 is 0. The lowest BCUT2D eigenvalue weighted by Gasteiger charge is -2.33. The van der Waals surface area contributed by atoms with Gasteiger partial charge >= 0.3 is 0 Å². The van der Waals surface area contributed by atoms with Gasteiger partial charge in [-0.25, -0.2) is 0 Å². The van der Waals surface area contributed by atoms with E-state index < -0.39 is 0 Å². The summed E-state index contributed by atoms with van der Waals surface area (Å²) in [6, 6.07) is 10.7. The topological polar surface area (TPSA) is 106 Å². The number of allylic oxidation sites excluding steroid dienone is 2. The summed E-state index contributed by atoms with van der Waals surface area (Å²) in [4.78, 5) is 4.25. The lowest BCUT2D eigenvalue weighted by Crippen LogP contribution is -2.42. The summed E-state index contributed by atoms with van der Waals surface area (Å²) in [7, 11) is 0. The summed E-state index contributed by atoms with van der Waals surface area (Å²) < 4.78 is 0. The largest absolute Gasteiger partial charge is 0.383 e. The van der Waals surface area contributed by atoms with Crippen LogP contribution in [0.1, 0.15) is 45.1 Å². The standard InChI is InChI=1S/C28H47N7/c1-5-11-26(22(2)20-25-12-7-6-8-13-25)32-21-23(3)33-27(14-9-15-29)24(4)34-16-10-17-35(19-18-34)28(30)31/h6-8,11-13,22,27,32-33H,3-5,9-10,14-21,29H2,1-2H3,(H3,30,31). The third-order valence-corrected chi connectivity index (χ3v) is 6.57. The van der Waals surface area contributed by atoms with Crippen molar-refractivity contribution in [2.75, 3.05) is 39.3 Å². The Morgan fingerprint density at radius 1 is 1.14 bits per heavy atom. The molecule has 7 nitrogen and oxygen atoms in total. The van der Waals surface area contributed by atoms with Crippen molar-refractivity contribution in [3.05, 3.63) is 72.2 Å². The van der Waals surface area contributed by atoms with E-state index >= 15 is 0 Å². The second-order valence-corrected chi connectivity index (χ2v) is 9.45. The molecule has 1 fully saturated rings. The molecule has 194 valence electrons. The summed E-state index contributed by atoms with van der Waals surface area (Å²) in [5, 5.41) is 15.0. The first-order valence-electron chi connectivity index (χ1n) is 13.0. The van der Waals surface area contributed by atoms with Crippen molar-refractivity contribution >= 4 is 5.96 Å². The first-order chi connectivity index (χ1) is 16.8. The molecule has 2 unspecified atom stereocenters. The normalized spacial score (nSPS) is 16.3. The molecule has 0 saturated carbocycles. The zero-order valence-electron chi connectivity index (χ0n) is 21.9. The van der Waals surface area contributed by atoms with E-state index in [1.165, 1.54) is 11.3 Å². The molecule has 1 aromatic rings. The zero-order valence-corrected chi connectivity index (χ0v) is 21.9. The second kappa shape index (κ2) is 15.1. The van der Waals surface area contributed by atoms with Crippen molar-refractivity contribution in [3.8, 4) is 0 Å². The fourth-order valence-corrected chi connectivity index (χ4v) is 4.56. The van der Waals surface area contributed by atoms with Gasteiger partial charge in [0.2, 0.25) is 0 Å². The molecule has 7 N–H and O–H groups in total. The molecule has 2 rings (SSSR count). The molecular formula is C28H47N7. The number of benzene rings is 1. The Morgan fingerprint density at radius 2 is 1.83 bits per heavy atom. The lowest BCUT2D eigenvalue weighted by molar-refractivity contribution is 0.317. The highest BCUT2D eigenvalue weighted by Crippen LogP contribution is 2.18. The fourth-order valence-electron chi connectivity index (χ4n) is 4.56. The van der Waals surface area contributed by atoms with Gasteiger partial charge in [-0.1, -0.05) is 63.4 Å². The van der Waals surface area contributed by atoms with Crippen LogP contribution in [0.15, 0.2) is 66.7 Å². The summed E-state index contributed by atoms with van der Waals surface area (Å²) in [6.07, 6.45) is 7.05. The van der Waals surface area contributed by atoms with Gasteiger partial charge in [0.1, 0.15) is 0 Å². The molecule has 0 aromatic heterocycles. The van der Waals surface area contributed by atoms with Gasteiger partial charge in [0, 0.05) is 43.3 Å². The van der Waals surface area contributed by atoms with E-state index in [2.05, 4.69) is 78.9 Å². The molecule has 0 aliphatic carbocycles. The number of hydrogen-bond acceptors (Lipinski definition) is 5. The molecule has 0 spiro atoms. The number of hydrogen-bond donors (Lipinski definition) is 5. The van der Waals surface area contributed by atoms with E-state index in [0.29, 0.717) is 19.0 Å². The van der Waals surface area contributed by atoms with Crippen LogP contribution in [-0.2, 0) is 6.42 Å². The van der Waals surface area contributed by atoms with Gasteiger partial charge in [-0.2, -0.15) is 0 Å². The van der Waals surface area contributed by atoms with E-state index in [1.807, 2.05) is 4.90 Å². The van der Waals surface area contributed by atoms with E-state index in [1.54, 1.807) is 0 Å². The molecule has 2 atom stereocenters. The monoisotopic (exact) mass is 481 g/mol. The van der Waals surface area contributed by atoms with Crippen molar-refractivity contribution in [1.29, 1.82) is 5.41 Å². The summed E-state index contributed by atoms with van der Waals surface area (Å²) in [5.74, 6) is 0.543. The first-order valence-corrected chi connectivity index (χ1v) is 13.0. The lowest BCUT2D eigenvalue weighted by atomic mass is 9.97. The number of nitrogens with zero attached hydrogens (tertiary/aromatic N) is 2. The van der Waals surface area contributed by atoms with Crippen LogP contribution >= 0.6 is 0 Å². The van der Waals surface area contributed by atoms with Crippen LogP contribution in [0.2, 0.25) is 0 Å². The molecule has 1 saturated heterocycles. The van der Waals surface area contributed by atoms with Crippen molar-refractivity contribution in [2.45, 2.75) is 52.0 Å². The van der Waals surface area contributed by atoms with Gasteiger partial charge in [0.05, 0.1) is 12.6 Å². The third-order valence-electron chi connectivity index (χ3n) is 6.57. The molecule has 1 aromatic carbocycles. The van der Waals surface area contributed by atoms with Crippen LogP contribution in [0, 0.1) is 11.3 Å². The van der Waals surface area contributed by atoms with E-state index in [9.17, 15) is 0 Å². The Labute approximate surface area is 212 Å². The van der Waals surface area contributed by atoms with Crippen LogP contribution in [0.5, 0.6) is 0 Å². The fraction of sp³-hybridized carbons (Fsp3) is 0.536. The number of rotatable bonds is 14. The second-order valence-electron chi connectivity index (χ2n) is 9.45. The Hall–Kier alpha value is -2.93. The number of guanidine groups is 1. The van der Waals surface area contributed by atoms with Crippen molar-refractivity contribution in [1.82, 2.24) is 20.4 Å². The van der Waals surface area contributed by atoms with Crippen molar-refractivity contribution in [2.24, 2.45) is 17.4 Å². The van der Waals surface area contributed by atoms with Crippen LogP contribution < -0.4 is 22.1 Å². The molecule has 7 heteroatoms. The van der Waals surface area contributed by atoms with Gasteiger partial charge in [0.25, 0.3) is 0 Å². The maximum absolute atomic E-state index is 7.74. The Kier molecular flexibility index (Phi) is 12.2. The SMILES string of the molecule is C=C(CNC(=CCC)C(C)Cc1ccccc1)NC(CCCN)C(=C)N1CCCN(C(=N)N)CC1. The van der Waals surface area contributed by atoms with Gasteiger partial charge in [-0.05, 0) is 50.1 Å². The minimum Gasteiger partial charge on any atom is -0.383 e. The zero-order chi connectivity index (χ0) is 25.6. The van der Waals surface area contributed by atoms with Gasteiger partial charge < -0.3 is 31.9 Å². The molecule has 1 aliphatic rings.